The molecule has 5 nitrogen and oxygen atoms in total. The summed E-state index contributed by atoms with van der Waals surface area (Å²) in [7, 11) is -3.33. The standard InChI is InChI=1S/C5H4NO4S2/c1-12(9,10)5-2-4(3-11-5)6(7)8/h2H,1H3. The van der Waals surface area contributed by atoms with Crippen molar-refractivity contribution >= 4 is 26.9 Å². The molecule has 12 heavy (non-hydrogen) atoms. The molecule has 0 aliphatic heterocycles. The number of hydrogen-bond acceptors (Lipinski definition) is 5. The number of sulfone groups is 1. The van der Waals surface area contributed by atoms with Crippen LogP contribution in [-0.2, 0) is 9.84 Å². The van der Waals surface area contributed by atoms with E-state index >= 15 is 0 Å². The van der Waals surface area contributed by atoms with Gasteiger partial charge in [-0.05, 0) is 0 Å². The van der Waals surface area contributed by atoms with E-state index in [0.717, 1.165) is 23.7 Å². The van der Waals surface area contributed by atoms with Crippen molar-refractivity contribution in [2.45, 2.75) is 4.21 Å². The van der Waals surface area contributed by atoms with Gasteiger partial charge < -0.3 is 0 Å². The predicted octanol–water partition coefficient (Wildman–Crippen LogP) is 0.860. The van der Waals surface area contributed by atoms with Crippen molar-refractivity contribution < 1.29 is 13.3 Å². The summed E-state index contributed by atoms with van der Waals surface area (Å²) in [5, 5.41) is 12.4. The number of rotatable bonds is 2. The van der Waals surface area contributed by atoms with Crippen LogP contribution in [0.2, 0.25) is 0 Å². The number of nitrogens with zero attached hydrogens (tertiary/aromatic N) is 1. The molecule has 0 aliphatic carbocycles. The van der Waals surface area contributed by atoms with Crippen molar-refractivity contribution in [1.82, 2.24) is 0 Å². The van der Waals surface area contributed by atoms with Crippen LogP contribution >= 0.6 is 11.3 Å². The molecule has 0 spiro atoms. The maximum Gasteiger partial charge on any atom is 0.290 e. The first kappa shape index (κ1) is 9.14. The van der Waals surface area contributed by atoms with Gasteiger partial charge in [0.2, 0.25) is 0 Å². The van der Waals surface area contributed by atoms with Crippen LogP contribution in [0, 0.1) is 15.5 Å². The largest absolute Gasteiger partial charge is 0.290 e. The number of nitro groups is 1. The van der Waals surface area contributed by atoms with E-state index in [1.807, 2.05) is 0 Å². The fourth-order valence-electron chi connectivity index (χ4n) is 0.546. The number of thiophene rings is 1. The Kier molecular flexibility index (Phi) is 2.16. The molecular formula is C5H4NO4S2. The van der Waals surface area contributed by atoms with Gasteiger partial charge in [-0.1, -0.05) is 0 Å². The molecule has 1 radical (unpaired) electrons. The average molecular weight is 206 g/mol. The van der Waals surface area contributed by atoms with Crippen molar-refractivity contribution in [3.63, 3.8) is 0 Å². The van der Waals surface area contributed by atoms with E-state index in [-0.39, 0.29) is 9.90 Å². The van der Waals surface area contributed by atoms with Gasteiger partial charge in [0.25, 0.3) is 5.69 Å². The van der Waals surface area contributed by atoms with Gasteiger partial charge in [-0.15, -0.1) is 11.3 Å². The van der Waals surface area contributed by atoms with E-state index in [9.17, 15) is 18.5 Å². The monoisotopic (exact) mass is 206 g/mol. The Bertz CT molecular complexity index is 405. The SMILES string of the molecule is CS(=O)(=O)c1cc([N+](=O)[O-])[c]s1. The van der Waals surface area contributed by atoms with Gasteiger partial charge in [-0.25, -0.2) is 8.42 Å². The van der Waals surface area contributed by atoms with Gasteiger partial charge in [0.15, 0.2) is 9.84 Å². The lowest BCUT2D eigenvalue weighted by molar-refractivity contribution is -0.384. The minimum absolute atomic E-state index is 0.0331. The maximum absolute atomic E-state index is 10.8. The lowest BCUT2D eigenvalue weighted by atomic mass is 10.6. The van der Waals surface area contributed by atoms with Crippen molar-refractivity contribution in [2.75, 3.05) is 6.26 Å². The minimum atomic E-state index is -3.33. The molecule has 0 aliphatic rings. The van der Waals surface area contributed by atoms with Crippen LogP contribution in [-0.4, -0.2) is 19.6 Å². The Balaban J connectivity index is 3.17. The quantitative estimate of drug-likeness (QED) is 0.531. The molecule has 65 valence electrons. The number of hydrogen-bond donors (Lipinski definition) is 0. The molecule has 0 atom stereocenters. The summed E-state index contributed by atoms with van der Waals surface area (Å²) in [6.45, 7) is 0. The third kappa shape index (κ3) is 1.80. The fourth-order valence-corrected chi connectivity index (χ4v) is 2.11. The topological polar surface area (TPSA) is 77.3 Å². The Hall–Kier alpha value is -0.950. The van der Waals surface area contributed by atoms with Crippen molar-refractivity contribution in [1.29, 1.82) is 0 Å². The highest BCUT2D eigenvalue weighted by Crippen LogP contribution is 2.24. The molecule has 1 aromatic heterocycles. The summed E-state index contributed by atoms with van der Waals surface area (Å²) in [5.41, 5.74) is -0.305. The minimum Gasteiger partial charge on any atom is -0.258 e. The van der Waals surface area contributed by atoms with E-state index in [1.54, 1.807) is 0 Å². The molecule has 7 heteroatoms. The highest BCUT2D eigenvalue weighted by molar-refractivity contribution is 7.92. The van der Waals surface area contributed by atoms with Crippen molar-refractivity contribution in [3.05, 3.63) is 21.6 Å². The molecule has 0 saturated carbocycles. The zero-order chi connectivity index (χ0) is 9.35. The Morgan fingerprint density at radius 2 is 2.25 bits per heavy atom. The van der Waals surface area contributed by atoms with Crippen molar-refractivity contribution in [2.24, 2.45) is 0 Å². The van der Waals surface area contributed by atoms with Crippen molar-refractivity contribution in [3.8, 4) is 0 Å². The Morgan fingerprint density at radius 3 is 2.50 bits per heavy atom. The van der Waals surface area contributed by atoms with Gasteiger partial charge in [-0.3, -0.25) is 10.1 Å². The Labute approximate surface area is 72.7 Å². The summed E-state index contributed by atoms with van der Waals surface area (Å²) >= 11 is 0.730. The van der Waals surface area contributed by atoms with Gasteiger partial charge in [0.05, 0.1) is 4.92 Å². The zero-order valence-electron chi connectivity index (χ0n) is 5.97. The van der Waals surface area contributed by atoms with Gasteiger partial charge >= 0.3 is 0 Å². The summed E-state index contributed by atoms with van der Waals surface area (Å²) < 4.78 is 21.6. The van der Waals surface area contributed by atoms with E-state index < -0.39 is 14.8 Å². The van der Waals surface area contributed by atoms with E-state index in [1.165, 1.54) is 0 Å². The zero-order valence-corrected chi connectivity index (χ0v) is 7.61. The third-order valence-electron chi connectivity index (χ3n) is 1.07. The molecule has 0 N–H and O–H groups in total. The molecule has 1 aromatic rings. The van der Waals surface area contributed by atoms with Gasteiger partial charge in [0, 0.05) is 12.3 Å². The summed E-state index contributed by atoms with van der Waals surface area (Å²) in [6, 6.07) is 1.00. The second-order valence-electron chi connectivity index (χ2n) is 2.08. The lowest BCUT2D eigenvalue weighted by Gasteiger charge is -1.86. The second kappa shape index (κ2) is 2.83. The molecule has 0 amide bonds. The summed E-state index contributed by atoms with van der Waals surface area (Å²) in [4.78, 5) is 9.45. The molecular weight excluding hydrogens is 202 g/mol. The fraction of sp³-hybridized carbons (Fsp3) is 0.200. The summed E-state index contributed by atoms with van der Waals surface area (Å²) in [5.74, 6) is 0. The average Bonchev–Trinajstić information content (AvgIpc) is 2.30. The molecule has 1 rings (SSSR count). The molecule has 0 unspecified atom stereocenters. The van der Waals surface area contributed by atoms with E-state index in [0.29, 0.717) is 0 Å². The van der Waals surface area contributed by atoms with Gasteiger partial charge in [-0.2, -0.15) is 0 Å². The smallest absolute Gasteiger partial charge is 0.258 e. The third-order valence-corrected chi connectivity index (χ3v) is 3.71. The summed E-state index contributed by atoms with van der Waals surface area (Å²) in [6.07, 6.45) is 0.996. The lowest BCUT2D eigenvalue weighted by Crippen LogP contribution is -1.92. The molecule has 0 fully saturated rings. The van der Waals surface area contributed by atoms with Crippen LogP contribution in [0.25, 0.3) is 0 Å². The molecule has 0 bridgehead atoms. The maximum atomic E-state index is 10.8. The van der Waals surface area contributed by atoms with E-state index in [2.05, 4.69) is 5.38 Å². The highest BCUT2D eigenvalue weighted by Gasteiger charge is 2.16. The highest BCUT2D eigenvalue weighted by atomic mass is 32.2. The van der Waals surface area contributed by atoms with Crippen LogP contribution in [0.1, 0.15) is 0 Å². The molecule has 1 heterocycles. The molecule has 0 saturated heterocycles. The van der Waals surface area contributed by atoms with Crippen LogP contribution in [0.15, 0.2) is 10.3 Å². The molecule has 0 aromatic carbocycles. The first-order chi connectivity index (χ1) is 5.41. The van der Waals surface area contributed by atoms with E-state index in [4.69, 9.17) is 0 Å². The second-order valence-corrected chi connectivity index (χ2v) is 5.17. The van der Waals surface area contributed by atoms with Crippen LogP contribution in [0.5, 0.6) is 0 Å². The first-order valence-corrected chi connectivity index (χ1v) is 5.48. The van der Waals surface area contributed by atoms with Crippen LogP contribution < -0.4 is 0 Å². The van der Waals surface area contributed by atoms with Crippen LogP contribution in [0.3, 0.4) is 0 Å². The normalized spacial score (nSPS) is 11.4. The first-order valence-electron chi connectivity index (χ1n) is 2.77. The van der Waals surface area contributed by atoms with Crippen LogP contribution in [0.4, 0.5) is 5.69 Å². The van der Waals surface area contributed by atoms with Gasteiger partial charge in [0.1, 0.15) is 9.59 Å². The predicted molar refractivity (Wildman–Crippen MR) is 42.9 cm³/mol. The Morgan fingerprint density at radius 1 is 1.67 bits per heavy atom.